The van der Waals surface area contributed by atoms with E-state index in [4.69, 9.17) is 5.11 Å². The van der Waals surface area contributed by atoms with Gasteiger partial charge in [0.05, 0.1) is 5.56 Å². The largest absolute Gasteiger partial charge is 0.478 e. The first-order valence-corrected chi connectivity index (χ1v) is 6.40. The van der Waals surface area contributed by atoms with Crippen LogP contribution in [0.1, 0.15) is 29.8 Å². The summed E-state index contributed by atoms with van der Waals surface area (Å²) >= 11 is 0. The summed E-state index contributed by atoms with van der Waals surface area (Å²) in [5.41, 5.74) is 2.12. The fraction of sp³-hybridized carbons (Fsp3) is 0.333. The smallest absolute Gasteiger partial charge is 0.336 e. The van der Waals surface area contributed by atoms with E-state index in [9.17, 15) is 9.59 Å². The molecule has 5 nitrogen and oxygen atoms in total. The van der Waals surface area contributed by atoms with E-state index in [-0.39, 0.29) is 11.6 Å². The molecule has 0 atom stereocenters. The molecule has 0 saturated heterocycles. The number of amides is 2. The van der Waals surface area contributed by atoms with Crippen LogP contribution in [0.5, 0.6) is 0 Å². The van der Waals surface area contributed by atoms with Gasteiger partial charge in [-0.05, 0) is 38.5 Å². The molecule has 2 amide bonds. The Bertz CT molecular complexity index is 538. The van der Waals surface area contributed by atoms with E-state index in [0.717, 1.165) is 5.57 Å². The lowest BCUT2D eigenvalue weighted by Crippen LogP contribution is -2.36. The second-order valence-electron chi connectivity index (χ2n) is 4.68. The second-order valence-corrected chi connectivity index (χ2v) is 4.68. The maximum atomic E-state index is 12.1. The zero-order valence-electron chi connectivity index (χ0n) is 12.1. The Balaban J connectivity index is 2.93. The number of anilines is 1. The molecule has 0 aliphatic carbocycles. The predicted molar refractivity (Wildman–Crippen MR) is 79.2 cm³/mol. The molecule has 0 fully saturated rings. The highest BCUT2D eigenvalue weighted by atomic mass is 16.4. The quantitative estimate of drug-likeness (QED) is 0.812. The highest BCUT2D eigenvalue weighted by molar-refractivity contribution is 5.95. The summed E-state index contributed by atoms with van der Waals surface area (Å²) in [7, 11) is 0. The molecule has 0 aliphatic rings. The molecule has 5 heteroatoms. The number of aromatic carboxylic acids is 1. The van der Waals surface area contributed by atoms with E-state index in [0.29, 0.717) is 24.3 Å². The molecule has 108 valence electrons. The summed E-state index contributed by atoms with van der Waals surface area (Å²) in [6.45, 7) is 10.2. The lowest BCUT2D eigenvalue weighted by molar-refractivity contribution is 0.0696. The number of nitrogens with zero attached hydrogens (tertiary/aromatic N) is 1. The van der Waals surface area contributed by atoms with Crippen LogP contribution in [-0.4, -0.2) is 35.1 Å². The number of carbonyl (C=O) groups is 2. The third-order valence-corrected chi connectivity index (χ3v) is 2.94. The first-order valence-electron chi connectivity index (χ1n) is 6.40. The Kier molecular flexibility index (Phi) is 5.32. The average Bonchev–Trinajstić information content (AvgIpc) is 2.37. The normalized spacial score (nSPS) is 9.95. The summed E-state index contributed by atoms with van der Waals surface area (Å²) in [5, 5.41) is 11.8. The Hall–Kier alpha value is -2.30. The van der Waals surface area contributed by atoms with Crippen LogP contribution in [0.15, 0.2) is 30.4 Å². The summed E-state index contributed by atoms with van der Waals surface area (Å²) in [4.78, 5) is 24.8. The minimum atomic E-state index is -1.01. The first-order chi connectivity index (χ1) is 9.36. The van der Waals surface area contributed by atoms with Gasteiger partial charge in [-0.3, -0.25) is 0 Å². The molecule has 20 heavy (non-hydrogen) atoms. The van der Waals surface area contributed by atoms with Crippen LogP contribution >= 0.6 is 0 Å². The van der Waals surface area contributed by atoms with Crippen molar-refractivity contribution in [3.05, 3.63) is 41.5 Å². The van der Waals surface area contributed by atoms with Crippen LogP contribution in [0.2, 0.25) is 0 Å². The average molecular weight is 276 g/mol. The lowest BCUT2D eigenvalue weighted by Gasteiger charge is -2.22. The molecule has 0 aromatic heterocycles. The maximum absolute atomic E-state index is 12.1. The molecule has 1 rings (SSSR count). The second kappa shape index (κ2) is 6.75. The highest BCUT2D eigenvalue weighted by Crippen LogP contribution is 2.19. The van der Waals surface area contributed by atoms with E-state index >= 15 is 0 Å². The van der Waals surface area contributed by atoms with Crippen molar-refractivity contribution in [2.24, 2.45) is 0 Å². The Labute approximate surface area is 118 Å². The van der Waals surface area contributed by atoms with E-state index in [1.54, 1.807) is 24.0 Å². The van der Waals surface area contributed by atoms with Crippen LogP contribution in [0.25, 0.3) is 0 Å². The van der Waals surface area contributed by atoms with Crippen LogP contribution in [0.4, 0.5) is 10.5 Å². The Morgan fingerprint density at radius 1 is 1.40 bits per heavy atom. The molecule has 0 aliphatic heterocycles. The third-order valence-electron chi connectivity index (χ3n) is 2.94. The molecule has 0 saturated carbocycles. The first kappa shape index (κ1) is 15.8. The minimum absolute atomic E-state index is 0.186. The molecule has 0 spiro atoms. The summed E-state index contributed by atoms with van der Waals surface area (Å²) in [5.74, 6) is -1.01. The fourth-order valence-corrected chi connectivity index (χ4v) is 1.85. The standard InChI is InChI=1S/C15H20N2O3/c1-5-17(9-10(2)3)15(20)16-13-8-6-7-12(11(13)4)14(18)19/h6-8H,2,5,9H2,1,3-4H3,(H,16,20)(H,18,19). The number of carboxylic acid groups (broad SMARTS) is 1. The topological polar surface area (TPSA) is 69.6 Å². The number of carboxylic acids is 1. The van der Waals surface area contributed by atoms with Gasteiger partial charge < -0.3 is 15.3 Å². The SMILES string of the molecule is C=C(C)CN(CC)C(=O)Nc1cccc(C(=O)O)c1C. The fourth-order valence-electron chi connectivity index (χ4n) is 1.85. The summed E-state index contributed by atoms with van der Waals surface area (Å²) < 4.78 is 0. The van der Waals surface area contributed by atoms with Gasteiger partial charge in [-0.15, -0.1) is 0 Å². The Morgan fingerprint density at radius 3 is 2.55 bits per heavy atom. The molecule has 0 bridgehead atoms. The van der Waals surface area contributed by atoms with Crippen molar-refractivity contribution in [2.45, 2.75) is 20.8 Å². The number of hydrogen-bond donors (Lipinski definition) is 2. The van der Waals surface area contributed by atoms with Crippen LogP contribution in [0.3, 0.4) is 0 Å². The highest BCUT2D eigenvalue weighted by Gasteiger charge is 2.15. The number of urea groups is 1. The zero-order valence-corrected chi connectivity index (χ0v) is 12.1. The van der Waals surface area contributed by atoms with Crippen LogP contribution < -0.4 is 5.32 Å². The number of likely N-dealkylation sites (N-methyl/N-ethyl adjacent to an activating group) is 1. The van der Waals surface area contributed by atoms with Gasteiger partial charge in [0.1, 0.15) is 0 Å². The molecule has 1 aromatic carbocycles. The lowest BCUT2D eigenvalue weighted by atomic mass is 10.1. The third kappa shape index (κ3) is 3.85. The van der Waals surface area contributed by atoms with Crippen molar-refractivity contribution in [2.75, 3.05) is 18.4 Å². The van der Waals surface area contributed by atoms with Crippen molar-refractivity contribution in [1.82, 2.24) is 4.90 Å². The van der Waals surface area contributed by atoms with Gasteiger partial charge >= 0.3 is 12.0 Å². The molecule has 0 unspecified atom stereocenters. The van der Waals surface area contributed by atoms with Crippen molar-refractivity contribution in [1.29, 1.82) is 0 Å². The molecule has 1 aromatic rings. The van der Waals surface area contributed by atoms with E-state index in [1.807, 2.05) is 13.8 Å². The number of carbonyl (C=O) groups excluding carboxylic acids is 1. The molecular formula is C15H20N2O3. The van der Waals surface area contributed by atoms with Gasteiger partial charge in [-0.25, -0.2) is 9.59 Å². The minimum Gasteiger partial charge on any atom is -0.478 e. The monoisotopic (exact) mass is 276 g/mol. The zero-order chi connectivity index (χ0) is 15.3. The molecule has 2 N–H and O–H groups in total. The van der Waals surface area contributed by atoms with Gasteiger partial charge in [0, 0.05) is 18.8 Å². The van der Waals surface area contributed by atoms with Crippen molar-refractivity contribution in [3.8, 4) is 0 Å². The molecule has 0 heterocycles. The van der Waals surface area contributed by atoms with E-state index in [1.165, 1.54) is 6.07 Å². The summed E-state index contributed by atoms with van der Waals surface area (Å²) in [6, 6.07) is 4.55. The van der Waals surface area contributed by atoms with Gasteiger partial charge in [0.25, 0.3) is 0 Å². The van der Waals surface area contributed by atoms with Crippen LogP contribution in [-0.2, 0) is 0 Å². The van der Waals surface area contributed by atoms with Gasteiger partial charge in [0.2, 0.25) is 0 Å². The van der Waals surface area contributed by atoms with Crippen molar-refractivity contribution >= 4 is 17.7 Å². The maximum Gasteiger partial charge on any atom is 0.336 e. The predicted octanol–water partition coefficient (Wildman–Crippen LogP) is 3.12. The van der Waals surface area contributed by atoms with E-state index < -0.39 is 5.97 Å². The Morgan fingerprint density at radius 2 is 2.05 bits per heavy atom. The van der Waals surface area contributed by atoms with E-state index in [2.05, 4.69) is 11.9 Å². The van der Waals surface area contributed by atoms with Gasteiger partial charge in [-0.2, -0.15) is 0 Å². The van der Waals surface area contributed by atoms with Gasteiger partial charge in [0.15, 0.2) is 0 Å². The number of rotatable bonds is 5. The number of nitrogens with one attached hydrogen (secondary N) is 1. The van der Waals surface area contributed by atoms with Crippen molar-refractivity contribution < 1.29 is 14.7 Å². The molecule has 0 radical (unpaired) electrons. The molecular weight excluding hydrogens is 256 g/mol. The summed E-state index contributed by atoms with van der Waals surface area (Å²) in [6.07, 6.45) is 0. The number of hydrogen-bond acceptors (Lipinski definition) is 2. The van der Waals surface area contributed by atoms with Crippen molar-refractivity contribution in [3.63, 3.8) is 0 Å². The van der Waals surface area contributed by atoms with Gasteiger partial charge in [-0.1, -0.05) is 18.2 Å². The van der Waals surface area contributed by atoms with Crippen LogP contribution in [0, 0.1) is 6.92 Å². The number of benzene rings is 1.